The van der Waals surface area contributed by atoms with Crippen LogP contribution in [0.2, 0.25) is 0 Å². The van der Waals surface area contributed by atoms with Crippen molar-refractivity contribution in [1.82, 2.24) is 5.43 Å². The fourth-order valence-corrected chi connectivity index (χ4v) is 2.65. The van der Waals surface area contributed by atoms with Crippen molar-refractivity contribution in [2.24, 2.45) is 5.10 Å². The zero-order valence-corrected chi connectivity index (χ0v) is 16.9. The number of nitrogens with zero attached hydrogens (tertiary/aromatic N) is 1. The summed E-state index contributed by atoms with van der Waals surface area (Å²) in [6.45, 7) is -0.348. The van der Waals surface area contributed by atoms with Crippen molar-refractivity contribution < 1.29 is 31.9 Å². The van der Waals surface area contributed by atoms with Gasteiger partial charge in [-0.3, -0.25) is 9.59 Å². The van der Waals surface area contributed by atoms with Gasteiger partial charge in [-0.1, -0.05) is 18.2 Å². The molecule has 0 aliphatic rings. The van der Waals surface area contributed by atoms with Crippen LogP contribution in [-0.4, -0.2) is 24.6 Å². The Labute approximate surface area is 185 Å². The SMILES string of the molecule is O=C(COc1ccccc1/C=N\NC(=O)c1cccc(C(F)(F)F)c1)Nc1ccc(F)cc1. The van der Waals surface area contributed by atoms with Crippen molar-refractivity contribution in [3.05, 3.63) is 95.3 Å². The van der Waals surface area contributed by atoms with Crippen LogP contribution in [0, 0.1) is 5.82 Å². The summed E-state index contributed by atoms with van der Waals surface area (Å²) in [5.41, 5.74) is 1.81. The zero-order valence-electron chi connectivity index (χ0n) is 16.9. The number of halogens is 4. The smallest absolute Gasteiger partial charge is 0.416 e. The highest BCUT2D eigenvalue weighted by Crippen LogP contribution is 2.29. The molecule has 0 heterocycles. The van der Waals surface area contributed by atoms with Crippen molar-refractivity contribution in [3.63, 3.8) is 0 Å². The van der Waals surface area contributed by atoms with Crippen LogP contribution in [0.3, 0.4) is 0 Å². The van der Waals surface area contributed by atoms with Crippen molar-refractivity contribution in [1.29, 1.82) is 0 Å². The Balaban J connectivity index is 1.59. The second-order valence-corrected chi connectivity index (χ2v) is 6.66. The highest BCUT2D eigenvalue weighted by atomic mass is 19.4. The van der Waals surface area contributed by atoms with E-state index in [1.165, 1.54) is 36.5 Å². The molecular weight excluding hydrogens is 442 g/mol. The third-order valence-corrected chi connectivity index (χ3v) is 4.23. The van der Waals surface area contributed by atoms with Gasteiger partial charge in [0.25, 0.3) is 11.8 Å². The minimum Gasteiger partial charge on any atom is -0.483 e. The summed E-state index contributed by atoms with van der Waals surface area (Å²) in [7, 11) is 0. The molecule has 10 heteroatoms. The monoisotopic (exact) mass is 459 g/mol. The molecule has 0 radical (unpaired) electrons. The molecule has 0 atom stereocenters. The average Bonchev–Trinajstić information content (AvgIpc) is 2.79. The Hall–Kier alpha value is -4.21. The van der Waals surface area contributed by atoms with Crippen LogP contribution < -0.4 is 15.5 Å². The second kappa shape index (κ2) is 10.4. The minimum absolute atomic E-state index is 0.205. The lowest BCUT2D eigenvalue weighted by Gasteiger charge is -2.10. The number of ether oxygens (including phenoxy) is 1. The molecule has 0 unspecified atom stereocenters. The maximum atomic E-state index is 12.9. The van der Waals surface area contributed by atoms with E-state index in [9.17, 15) is 27.2 Å². The van der Waals surface area contributed by atoms with E-state index >= 15 is 0 Å². The first-order valence-corrected chi connectivity index (χ1v) is 9.50. The van der Waals surface area contributed by atoms with E-state index in [2.05, 4.69) is 15.8 Å². The molecule has 2 N–H and O–H groups in total. The molecule has 0 saturated heterocycles. The number of rotatable bonds is 7. The third kappa shape index (κ3) is 6.89. The number of carbonyl (C=O) groups is 2. The maximum absolute atomic E-state index is 12.9. The van der Waals surface area contributed by atoms with Gasteiger partial charge in [-0.15, -0.1) is 0 Å². The first kappa shape index (κ1) is 23.5. The fraction of sp³-hybridized carbons (Fsp3) is 0.0870. The topological polar surface area (TPSA) is 79.8 Å². The summed E-state index contributed by atoms with van der Waals surface area (Å²) in [4.78, 5) is 24.1. The highest BCUT2D eigenvalue weighted by molar-refractivity contribution is 5.95. The number of hydrogen-bond acceptors (Lipinski definition) is 4. The number of benzene rings is 3. The van der Waals surface area contributed by atoms with E-state index in [1.807, 2.05) is 0 Å². The molecule has 0 aliphatic heterocycles. The van der Waals surface area contributed by atoms with E-state index in [0.29, 0.717) is 11.3 Å². The molecule has 0 bridgehead atoms. The number of amides is 2. The second-order valence-electron chi connectivity index (χ2n) is 6.66. The lowest BCUT2D eigenvalue weighted by molar-refractivity contribution is -0.137. The van der Waals surface area contributed by atoms with Gasteiger partial charge >= 0.3 is 6.18 Å². The van der Waals surface area contributed by atoms with Crippen LogP contribution in [0.5, 0.6) is 5.75 Å². The first-order chi connectivity index (χ1) is 15.7. The molecule has 0 aromatic heterocycles. The van der Waals surface area contributed by atoms with Gasteiger partial charge in [0, 0.05) is 16.8 Å². The summed E-state index contributed by atoms with van der Waals surface area (Å²) >= 11 is 0. The van der Waals surface area contributed by atoms with Crippen molar-refractivity contribution in [2.75, 3.05) is 11.9 Å². The van der Waals surface area contributed by atoms with Gasteiger partial charge in [0.05, 0.1) is 11.8 Å². The Kier molecular flexibility index (Phi) is 7.39. The predicted molar refractivity (Wildman–Crippen MR) is 113 cm³/mol. The van der Waals surface area contributed by atoms with Crippen LogP contribution in [0.15, 0.2) is 77.9 Å². The van der Waals surface area contributed by atoms with Crippen LogP contribution in [-0.2, 0) is 11.0 Å². The number of anilines is 1. The van der Waals surface area contributed by atoms with Gasteiger partial charge in [-0.05, 0) is 54.6 Å². The lowest BCUT2D eigenvalue weighted by Crippen LogP contribution is -2.20. The molecule has 0 saturated carbocycles. The Bertz CT molecular complexity index is 1160. The molecule has 170 valence electrons. The molecule has 2 amide bonds. The van der Waals surface area contributed by atoms with Crippen molar-refractivity contribution in [3.8, 4) is 5.75 Å². The lowest BCUT2D eigenvalue weighted by atomic mass is 10.1. The number of carbonyl (C=O) groups excluding carboxylic acids is 2. The van der Waals surface area contributed by atoms with E-state index < -0.39 is 29.4 Å². The van der Waals surface area contributed by atoms with Gasteiger partial charge in [-0.25, -0.2) is 9.82 Å². The standard InChI is InChI=1S/C23H17F4N3O3/c24-18-8-10-19(11-9-18)29-21(31)14-33-20-7-2-1-4-16(20)13-28-30-22(32)15-5-3-6-17(12-15)23(25,26)27/h1-13H,14H2,(H,29,31)(H,30,32)/b28-13-. The number of hydrogen-bond donors (Lipinski definition) is 2. The van der Waals surface area contributed by atoms with Gasteiger partial charge in [0.1, 0.15) is 11.6 Å². The average molecular weight is 459 g/mol. The molecule has 33 heavy (non-hydrogen) atoms. The largest absolute Gasteiger partial charge is 0.483 e. The summed E-state index contributed by atoms with van der Waals surface area (Å²) < 4.78 is 56.8. The predicted octanol–water partition coefficient (Wildman–Crippen LogP) is 4.63. The van der Waals surface area contributed by atoms with Gasteiger partial charge < -0.3 is 10.1 Å². The highest BCUT2D eigenvalue weighted by Gasteiger charge is 2.30. The molecule has 0 fully saturated rings. The van der Waals surface area contributed by atoms with Gasteiger partial charge in [0.2, 0.25) is 0 Å². The number of hydrazone groups is 1. The van der Waals surface area contributed by atoms with Crippen molar-refractivity contribution in [2.45, 2.75) is 6.18 Å². The quantitative estimate of drug-likeness (QED) is 0.307. The zero-order chi connectivity index (χ0) is 23.8. The third-order valence-electron chi connectivity index (χ3n) is 4.23. The minimum atomic E-state index is -4.57. The van der Waals surface area contributed by atoms with E-state index in [0.717, 1.165) is 18.2 Å². The van der Waals surface area contributed by atoms with Gasteiger partial charge in [0.15, 0.2) is 6.61 Å². The first-order valence-electron chi connectivity index (χ1n) is 9.50. The molecular formula is C23H17F4N3O3. The van der Waals surface area contributed by atoms with Crippen LogP contribution in [0.4, 0.5) is 23.2 Å². The van der Waals surface area contributed by atoms with Gasteiger partial charge in [-0.2, -0.15) is 18.3 Å². The Morgan fingerprint density at radius 3 is 2.42 bits per heavy atom. The normalized spacial score (nSPS) is 11.3. The molecule has 3 rings (SSSR count). The molecule has 6 nitrogen and oxygen atoms in total. The van der Waals surface area contributed by atoms with E-state index in [1.54, 1.807) is 24.3 Å². The number of alkyl halides is 3. The summed E-state index contributed by atoms with van der Waals surface area (Å²) in [5.74, 6) is -1.46. The molecule has 3 aromatic rings. The van der Waals surface area contributed by atoms with Crippen LogP contribution >= 0.6 is 0 Å². The Morgan fingerprint density at radius 2 is 1.70 bits per heavy atom. The molecule has 0 spiro atoms. The van der Waals surface area contributed by atoms with E-state index in [4.69, 9.17) is 4.74 Å². The number of para-hydroxylation sites is 1. The molecule has 0 aliphatic carbocycles. The Morgan fingerprint density at radius 1 is 0.970 bits per heavy atom. The van der Waals surface area contributed by atoms with Crippen molar-refractivity contribution >= 4 is 23.7 Å². The summed E-state index contributed by atoms with van der Waals surface area (Å²) in [6, 6.07) is 15.7. The maximum Gasteiger partial charge on any atom is 0.416 e. The summed E-state index contributed by atoms with van der Waals surface area (Å²) in [5, 5.41) is 6.30. The molecule has 3 aromatic carbocycles. The summed E-state index contributed by atoms with van der Waals surface area (Å²) in [6.07, 6.45) is -3.34. The van der Waals surface area contributed by atoms with E-state index in [-0.39, 0.29) is 17.9 Å². The fourth-order valence-electron chi connectivity index (χ4n) is 2.65. The number of nitrogens with one attached hydrogen (secondary N) is 2. The van der Waals surface area contributed by atoms with Crippen LogP contribution in [0.25, 0.3) is 0 Å². The van der Waals surface area contributed by atoms with Crippen LogP contribution in [0.1, 0.15) is 21.5 Å².